The summed E-state index contributed by atoms with van der Waals surface area (Å²) in [6.45, 7) is 4.95. The summed E-state index contributed by atoms with van der Waals surface area (Å²) in [5, 5.41) is 10.7. The van der Waals surface area contributed by atoms with Crippen molar-refractivity contribution in [2.45, 2.75) is 44.2 Å². The van der Waals surface area contributed by atoms with E-state index < -0.39 is 10.0 Å². The lowest BCUT2D eigenvalue weighted by atomic mass is 10.2. The highest BCUT2D eigenvalue weighted by molar-refractivity contribution is 7.89. The van der Waals surface area contributed by atoms with Crippen LogP contribution in [0.15, 0.2) is 46.4 Å². The van der Waals surface area contributed by atoms with Crippen LogP contribution in [0.4, 0.5) is 0 Å². The van der Waals surface area contributed by atoms with Crippen molar-refractivity contribution in [3.8, 4) is 0 Å². The Morgan fingerprint density at radius 1 is 1.17 bits per heavy atom. The van der Waals surface area contributed by atoms with Crippen molar-refractivity contribution >= 4 is 16.0 Å². The Morgan fingerprint density at radius 2 is 1.97 bits per heavy atom. The molecule has 158 valence electrons. The normalized spacial score (nSPS) is 16.0. The van der Waals surface area contributed by atoms with Gasteiger partial charge in [0.1, 0.15) is 0 Å². The van der Waals surface area contributed by atoms with Gasteiger partial charge in [0.05, 0.1) is 23.7 Å². The number of guanidine groups is 1. The summed E-state index contributed by atoms with van der Waals surface area (Å²) in [5.74, 6) is 0.679. The van der Waals surface area contributed by atoms with Crippen molar-refractivity contribution in [2.24, 2.45) is 12.0 Å². The van der Waals surface area contributed by atoms with Crippen LogP contribution in [0.2, 0.25) is 0 Å². The molecular weight excluding hydrogens is 388 g/mol. The second kappa shape index (κ2) is 9.89. The van der Waals surface area contributed by atoms with Gasteiger partial charge in [-0.05, 0) is 43.5 Å². The van der Waals surface area contributed by atoms with Gasteiger partial charge in [0.15, 0.2) is 5.96 Å². The number of sulfonamides is 1. The molecule has 2 aromatic rings. The molecule has 1 aromatic heterocycles. The lowest BCUT2D eigenvalue weighted by Gasteiger charge is -2.26. The van der Waals surface area contributed by atoms with Gasteiger partial charge in [0, 0.05) is 32.9 Å². The number of rotatable bonds is 7. The SMILES string of the molecule is CCNC(=NCc1cccc(S(=O)(=O)N2CCCCC2)c1)NCc1ccnn1C. The summed E-state index contributed by atoms with van der Waals surface area (Å²) < 4.78 is 29.2. The molecule has 2 heterocycles. The third-order valence-corrected chi connectivity index (χ3v) is 6.87. The highest BCUT2D eigenvalue weighted by Crippen LogP contribution is 2.21. The molecule has 9 heteroatoms. The van der Waals surface area contributed by atoms with Crippen LogP contribution in [0.5, 0.6) is 0 Å². The molecule has 0 saturated carbocycles. The van der Waals surface area contributed by atoms with Gasteiger partial charge in [0.25, 0.3) is 0 Å². The average Bonchev–Trinajstić information content (AvgIpc) is 3.15. The third-order valence-electron chi connectivity index (χ3n) is 4.97. The van der Waals surface area contributed by atoms with Crippen molar-refractivity contribution < 1.29 is 8.42 Å². The number of aromatic nitrogens is 2. The standard InChI is InChI=1S/C20H30N6O2S/c1-3-21-20(23-16-18-10-11-24-25(18)2)22-15-17-8-7-9-19(14-17)29(27,28)26-12-5-4-6-13-26/h7-11,14H,3-6,12-13,15-16H2,1-2H3,(H2,21,22,23). The van der Waals surface area contributed by atoms with E-state index in [9.17, 15) is 8.42 Å². The van der Waals surface area contributed by atoms with E-state index in [4.69, 9.17) is 0 Å². The molecule has 0 bridgehead atoms. The molecule has 0 amide bonds. The zero-order chi connectivity index (χ0) is 20.7. The van der Waals surface area contributed by atoms with Crippen LogP contribution in [0.1, 0.15) is 37.4 Å². The molecular formula is C20H30N6O2S. The van der Waals surface area contributed by atoms with E-state index in [-0.39, 0.29) is 0 Å². The van der Waals surface area contributed by atoms with Crippen LogP contribution in [-0.4, -0.2) is 48.1 Å². The lowest BCUT2D eigenvalue weighted by Crippen LogP contribution is -2.37. The van der Waals surface area contributed by atoms with Crippen molar-refractivity contribution in [2.75, 3.05) is 19.6 Å². The molecule has 3 rings (SSSR count). The Hall–Kier alpha value is -2.39. The summed E-state index contributed by atoms with van der Waals surface area (Å²) in [6, 6.07) is 9.05. The molecule has 2 N–H and O–H groups in total. The van der Waals surface area contributed by atoms with E-state index in [1.165, 1.54) is 0 Å². The molecule has 1 saturated heterocycles. The zero-order valence-corrected chi connectivity index (χ0v) is 18.0. The largest absolute Gasteiger partial charge is 0.357 e. The van der Waals surface area contributed by atoms with Gasteiger partial charge in [-0.3, -0.25) is 4.68 Å². The molecule has 0 unspecified atom stereocenters. The number of nitrogens with zero attached hydrogens (tertiary/aromatic N) is 4. The predicted octanol–water partition coefficient (Wildman–Crippen LogP) is 1.85. The van der Waals surface area contributed by atoms with Gasteiger partial charge >= 0.3 is 0 Å². The Morgan fingerprint density at radius 3 is 2.66 bits per heavy atom. The lowest BCUT2D eigenvalue weighted by molar-refractivity contribution is 0.346. The molecule has 0 atom stereocenters. The number of piperidine rings is 1. The van der Waals surface area contributed by atoms with E-state index in [2.05, 4.69) is 20.7 Å². The minimum atomic E-state index is -3.43. The molecule has 1 fully saturated rings. The summed E-state index contributed by atoms with van der Waals surface area (Å²) >= 11 is 0. The Labute approximate surface area is 173 Å². The third kappa shape index (κ3) is 5.57. The summed E-state index contributed by atoms with van der Waals surface area (Å²) in [6.07, 6.45) is 4.71. The topological polar surface area (TPSA) is 91.6 Å². The van der Waals surface area contributed by atoms with Crippen molar-refractivity contribution in [1.82, 2.24) is 24.7 Å². The fraction of sp³-hybridized carbons (Fsp3) is 0.500. The first-order valence-corrected chi connectivity index (χ1v) is 11.5. The maximum absolute atomic E-state index is 12.9. The number of nitrogens with one attached hydrogen (secondary N) is 2. The fourth-order valence-corrected chi connectivity index (χ4v) is 4.91. The molecule has 0 radical (unpaired) electrons. The first kappa shape index (κ1) is 21.3. The zero-order valence-electron chi connectivity index (χ0n) is 17.1. The highest BCUT2D eigenvalue weighted by atomic mass is 32.2. The van der Waals surface area contributed by atoms with E-state index in [1.54, 1.807) is 28.7 Å². The smallest absolute Gasteiger partial charge is 0.243 e. The summed E-state index contributed by atoms with van der Waals surface area (Å²) in [4.78, 5) is 4.95. The monoisotopic (exact) mass is 418 g/mol. The quantitative estimate of drug-likeness (QED) is 0.529. The van der Waals surface area contributed by atoms with Crippen LogP contribution < -0.4 is 10.6 Å². The molecule has 1 aliphatic rings. The summed E-state index contributed by atoms with van der Waals surface area (Å²) in [7, 11) is -1.54. The summed E-state index contributed by atoms with van der Waals surface area (Å²) in [5.41, 5.74) is 1.91. The fourth-order valence-electron chi connectivity index (χ4n) is 3.32. The van der Waals surface area contributed by atoms with E-state index in [0.717, 1.165) is 37.1 Å². The molecule has 8 nitrogen and oxygen atoms in total. The number of benzene rings is 1. The molecule has 1 aliphatic heterocycles. The van der Waals surface area contributed by atoms with Crippen LogP contribution in [-0.2, 0) is 30.2 Å². The van der Waals surface area contributed by atoms with Gasteiger partial charge in [0.2, 0.25) is 10.0 Å². The number of aryl methyl sites for hydroxylation is 1. The van der Waals surface area contributed by atoms with Crippen molar-refractivity contribution in [1.29, 1.82) is 0 Å². The van der Waals surface area contributed by atoms with Crippen LogP contribution >= 0.6 is 0 Å². The molecule has 0 aliphatic carbocycles. The van der Waals surface area contributed by atoms with Gasteiger partial charge < -0.3 is 10.6 Å². The Kier molecular flexibility index (Phi) is 7.27. The number of aliphatic imine (C=N–C) groups is 1. The van der Waals surface area contributed by atoms with E-state index in [0.29, 0.717) is 37.0 Å². The van der Waals surface area contributed by atoms with Gasteiger partial charge in [-0.1, -0.05) is 18.6 Å². The molecule has 1 aromatic carbocycles. The first-order valence-electron chi connectivity index (χ1n) is 10.1. The van der Waals surface area contributed by atoms with Gasteiger partial charge in [-0.25, -0.2) is 13.4 Å². The molecule has 0 spiro atoms. The first-order chi connectivity index (χ1) is 14.0. The second-order valence-corrected chi connectivity index (χ2v) is 9.04. The van der Waals surface area contributed by atoms with Crippen LogP contribution in [0.25, 0.3) is 0 Å². The Bertz CT molecular complexity index is 932. The molecule has 29 heavy (non-hydrogen) atoms. The van der Waals surface area contributed by atoms with Crippen molar-refractivity contribution in [3.63, 3.8) is 0 Å². The average molecular weight is 419 g/mol. The Balaban J connectivity index is 1.69. The maximum atomic E-state index is 12.9. The minimum Gasteiger partial charge on any atom is -0.357 e. The van der Waals surface area contributed by atoms with E-state index >= 15 is 0 Å². The predicted molar refractivity (Wildman–Crippen MR) is 114 cm³/mol. The van der Waals surface area contributed by atoms with Crippen LogP contribution in [0, 0.1) is 0 Å². The minimum absolute atomic E-state index is 0.347. The number of hydrogen-bond acceptors (Lipinski definition) is 4. The van der Waals surface area contributed by atoms with Gasteiger partial charge in [-0.2, -0.15) is 9.40 Å². The van der Waals surface area contributed by atoms with Crippen molar-refractivity contribution in [3.05, 3.63) is 47.8 Å². The van der Waals surface area contributed by atoms with Gasteiger partial charge in [-0.15, -0.1) is 0 Å². The highest BCUT2D eigenvalue weighted by Gasteiger charge is 2.25. The van der Waals surface area contributed by atoms with E-state index in [1.807, 2.05) is 30.8 Å². The maximum Gasteiger partial charge on any atom is 0.243 e. The number of hydrogen-bond donors (Lipinski definition) is 2. The second-order valence-electron chi connectivity index (χ2n) is 7.11. The van der Waals surface area contributed by atoms with Crippen LogP contribution in [0.3, 0.4) is 0 Å².